The molecule has 0 N–H and O–H groups in total. The van der Waals surface area contributed by atoms with E-state index in [9.17, 15) is 0 Å². The fraction of sp³-hybridized carbons (Fsp3) is 0.286. The first-order chi connectivity index (χ1) is 10.5. The minimum absolute atomic E-state index is 0. The molecule has 0 heterocycles. The number of hydrogen-bond acceptors (Lipinski definition) is 7. The van der Waals surface area contributed by atoms with Crippen molar-refractivity contribution in [1.29, 1.82) is 0 Å². The summed E-state index contributed by atoms with van der Waals surface area (Å²) < 4.78 is 5.02. The fourth-order valence-corrected chi connectivity index (χ4v) is 1.44. The van der Waals surface area contributed by atoms with E-state index in [1.165, 1.54) is 6.21 Å². The number of hydrogen-bond donors (Lipinski definition) is 0. The van der Waals surface area contributed by atoms with Crippen molar-refractivity contribution in [3.63, 3.8) is 0 Å². The van der Waals surface area contributed by atoms with Gasteiger partial charge in [0.1, 0.15) is 5.71 Å². The van der Waals surface area contributed by atoms with Crippen LogP contribution in [0.3, 0.4) is 0 Å². The van der Waals surface area contributed by atoms with E-state index in [2.05, 4.69) is 20.4 Å². The summed E-state index contributed by atoms with van der Waals surface area (Å²) in [4.78, 5) is 1.69. The van der Waals surface area contributed by atoms with Crippen LogP contribution < -0.4 is 0 Å². The molecular formula is C14H17CuN5OS2. The van der Waals surface area contributed by atoms with E-state index in [1.807, 2.05) is 37.3 Å². The Bertz CT molecular complexity index is 588. The van der Waals surface area contributed by atoms with E-state index in [-0.39, 0.29) is 22.3 Å². The molecule has 9 heteroatoms. The van der Waals surface area contributed by atoms with E-state index >= 15 is 0 Å². The van der Waals surface area contributed by atoms with Gasteiger partial charge in [-0.25, -0.2) is 0 Å². The maximum Gasteiger partial charge on any atom is 2.00 e. The molecule has 0 amide bonds. The van der Waals surface area contributed by atoms with E-state index in [4.69, 9.17) is 30.0 Å². The Morgan fingerprint density at radius 3 is 2.35 bits per heavy atom. The van der Waals surface area contributed by atoms with Crippen molar-refractivity contribution in [3.05, 3.63) is 35.9 Å². The average molecular weight is 399 g/mol. The van der Waals surface area contributed by atoms with Crippen LogP contribution in [0.1, 0.15) is 12.5 Å². The Morgan fingerprint density at radius 1 is 1.13 bits per heavy atom. The van der Waals surface area contributed by atoms with Crippen LogP contribution in [0.15, 0.2) is 50.7 Å². The molecule has 0 aliphatic heterocycles. The molecule has 6 nitrogen and oxygen atoms in total. The van der Waals surface area contributed by atoms with Crippen molar-refractivity contribution in [1.82, 2.24) is 4.90 Å². The number of amidine groups is 1. The van der Waals surface area contributed by atoms with Crippen LogP contribution in [0.25, 0.3) is 0 Å². The molecule has 0 aliphatic rings. The molecule has 0 atom stereocenters. The zero-order valence-corrected chi connectivity index (χ0v) is 15.5. The van der Waals surface area contributed by atoms with Crippen LogP contribution in [0.2, 0.25) is 0 Å². The molecule has 0 bridgehead atoms. The third-order valence-electron chi connectivity index (χ3n) is 2.28. The second-order valence-corrected chi connectivity index (χ2v) is 4.89. The first kappa shape index (κ1) is 21.5. The fourth-order valence-electron chi connectivity index (χ4n) is 1.24. The summed E-state index contributed by atoms with van der Waals surface area (Å²) in [6, 6.07) is 9.48. The maximum absolute atomic E-state index is 5.08. The molecule has 1 rings (SSSR count). The second-order valence-electron chi connectivity index (χ2n) is 4.17. The Labute approximate surface area is 158 Å². The molecule has 0 spiro atoms. The van der Waals surface area contributed by atoms with Gasteiger partial charge in [-0.15, -0.1) is 10.2 Å². The Kier molecular flexibility index (Phi) is 11.2. The first-order valence-corrected chi connectivity index (χ1v) is 7.32. The molecule has 0 fully saturated rings. The SMILES string of the molecule is CCOC([S-])=NN=CC(=NN=C([S-])N(C)C)c1ccccc1.[Cu+2]. The monoisotopic (exact) mass is 398 g/mol. The molecule has 23 heavy (non-hydrogen) atoms. The maximum atomic E-state index is 5.08. The second kappa shape index (κ2) is 12.0. The van der Waals surface area contributed by atoms with Crippen molar-refractivity contribution in [2.45, 2.75) is 6.92 Å². The van der Waals surface area contributed by atoms with Crippen molar-refractivity contribution < 1.29 is 21.8 Å². The molecule has 1 radical (unpaired) electrons. The number of benzene rings is 1. The zero-order chi connectivity index (χ0) is 16.4. The van der Waals surface area contributed by atoms with Gasteiger partial charge in [-0.2, -0.15) is 10.2 Å². The summed E-state index contributed by atoms with van der Waals surface area (Å²) in [6.45, 7) is 2.27. The molecule has 1 aromatic rings. The molecular weight excluding hydrogens is 382 g/mol. The molecule has 0 saturated carbocycles. The van der Waals surface area contributed by atoms with Gasteiger partial charge in [-0.05, 0) is 6.92 Å². The van der Waals surface area contributed by atoms with Gasteiger partial charge >= 0.3 is 17.1 Å². The number of ether oxygens (including phenoxy) is 1. The quantitative estimate of drug-likeness (QED) is 0.249. The Balaban J connectivity index is 0.00000484. The predicted molar refractivity (Wildman–Crippen MR) is 96.4 cm³/mol. The van der Waals surface area contributed by atoms with Crippen LogP contribution in [-0.2, 0) is 47.1 Å². The smallest absolute Gasteiger partial charge is 0.741 e. The molecule has 0 aliphatic carbocycles. The van der Waals surface area contributed by atoms with E-state index in [1.54, 1.807) is 19.0 Å². The van der Waals surface area contributed by atoms with E-state index < -0.39 is 0 Å². The summed E-state index contributed by atoms with van der Waals surface area (Å²) >= 11 is 9.95. The minimum atomic E-state index is 0. The Morgan fingerprint density at radius 2 is 1.78 bits per heavy atom. The standard InChI is InChI=1S/C14H19N5OS2.Cu/c1-4-20-14(22)18-15-10-12(11-8-6-5-7-9-11)16-17-13(21)19(2)3;/h5-10H,4H2,1-3H3,(H,17,21)(H,18,22);/q;+2/p-2. The average Bonchev–Trinajstić information content (AvgIpc) is 2.51. The molecule has 1 aromatic carbocycles. The van der Waals surface area contributed by atoms with Gasteiger partial charge in [0.05, 0.1) is 18.1 Å². The normalized spacial score (nSPS) is 12.9. The van der Waals surface area contributed by atoms with Crippen LogP contribution in [0.4, 0.5) is 0 Å². The zero-order valence-electron chi connectivity index (χ0n) is 12.9. The summed E-state index contributed by atoms with van der Waals surface area (Å²) in [5.74, 6) is 0. The van der Waals surface area contributed by atoms with Crippen molar-refractivity contribution in [3.8, 4) is 0 Å². The summed E-state index contributed by atoms with van der Waals surface area (Å²) in [6.07, 6.45) is 1.46. The van der Waals surface area contributed by atoms with Crippen molar-refractivity contribution in [2.75, 3.05) is 20.7 Å². The third kappa shape index (κ3) is 8.61. The molecule has 0 saturated heterocycles. The van der Waals surface area contributed by atoms with Crippen molar-refractivity contribution in [2.24, 2.45) is 20.4 Å². The Hall–Kier alpha value is -1.54. The third-order valence-corrected chi connectivity index (χ3v) is 2.93. The molecule has 0 unspecified atom stereocenters. The van der Waals surface area contributed by atoms with Gasteiger partial charge in [0.15, 0.2) is 0 Å². The molecule has 0 aromatic heterocycles. The van der Waals surface area contributed by atoms with Gasteiger partial charge in [0.25, 0.3) is 0 Å². The molecule has 127 valence electrons. The van der Waals surface area contributed by atoms with Gasteiger partial charge < -0.3 is 34.9 Å². The van der Waals surface area contributed by atoms with E-state index in [0.717, 1.165) is 5.56 Å². The topological polar surface area (TPSA) is 61.9 Å². The van der Waals surface area contributed by atoms with Crippen molar-refractivity contribution >= 4 is 47.6 Å². The van der Waals surface area contributed by atoms with Crippen LogP contribution >= 0.6 is 0 Å². The summed E-state index contributed by atoms with van der Waals surface area (Å²) in [5.41, 5.74) is 1.36. The van der Waals surface area contributed by atoms with Crippen LogP contribution in [-0.4, -0.2) is 47.9 Å². The minimum Gasteiger partial charge on any atom is -0.741 e. The predicted octanol–water partition coefficient (Wildman–Crippen LogP) is 1.78. The van der Waals surface area contributed by atoms with Gasteiger partial charge in [-0.3, -0.25) is 0 Å². The number of nitrogens with zero attached hydrogens (tertiary/aromatic N) is 5. The van der Waals surface area contributed by atoms with E-state index in [0.29, 0.717) is 17.5 Å². The van der Waals surface area contributed by atoms with Gasteiger partial charge in [-0.1, -0.05) is 30.3 Å². The van der Waals surface area contributed by atoms with Crippen LogP contribution in [0, 0.1) is 0 Å². The van der Waals surface area contributed by atoms with Crippen LogP contribution in [0.5, 0.6) is 0 Å². The number of rotatable bonds is 5. The summed E-state index contributed by atoms with van der Waals surface area (Å²) in [7, 11) is 3.60. The van der Waals surface area contributed by atoms with Gasteiger partial charge in [0.2, 0.25) is 0 Å². The summed E-state index contributed by atoms with van der Waals surface area (Å²) in [5, 5.41) is 16.2. The largest absolute Gasteiger partial charge is 2.00 e. The first-order valence-electron chi connectivity index (χ1n) is 6.50. The van der Waals surface area contributed by atoms with Gasteiger partial charge in [0, 0.05) is 24.8 Å².